The molecule has 0 amide bonds. The van der Waals surface area contributed by atoms with Crippen molar-refractivity contribution >= 4 is 11.8 Å². The molecule has 0 fully saturated rings. The van der Waals surface area contributed by atoms with E-state index in [0.717, 1.165) is 25.2 Å². The van der Waals surface area contributed by atoms with Crippen molar-refractivity contribution in [2.45, 2.75) is 26.8 Å². The van der Waals surface area contributed by atoms with Crippen molar-refractivity contribution < 1.29 is 0 Å². The van der Waals surface area contributed by atoms with Gasteiger partial charge in [0.05, 0.1) is 5.69 Å². The lowest BCUT2D eigenvalue weighted by Gasteiger charge is -2.06. The number of aryl methyl sites for hydroxylation is 3. The van der Waals surface area contributed by atoms with Crippen LogP contribution in [-0.4, -0.2) is 26.3 Å². The first-order chi connectivity index (χ1) is 8.65. The fourth-order valence-electron chi connectivity index (χ4n) is 1.79. The molecule has 0 radical (unpaired) electrons. The third-order valence-corrected chi connectivity index (χ3v) is 2.61. The van der Waals surface area contributed by atoms with Gasteiger partial charge in [0.15, 0.2) is 0 Å². The second-order valence-electron chi connectivity index (χ2n) is 4.24. The molecule has 0 spiro atoms. The first kappa shape index (κ1) is 12.3. The maximum atomic E-state index is 5.57. The van der Waals surface area contributed by atoms with Crippen molar-refractivity contribution in [1.82, 2.24) is 19.7 Å². The predicted octanol–water partition coefficient (Wildman–Crippen LogP) is 1.37. The van der Waals surface area contributed by atoms with Gasteiger partial charge in [-0.1, -0.05) is 0 Å². The van der Waals surface area contributed by atoms with Crippen LogP contribution in [0.1, 0.15) is 17.8 Å². The number of nitrogen functional groups attached to an aromatic ring is 1. The molecule has 0 unspecified atom stereocenters. The average molecular weight is 246 g/mol. The maximum Gasteiger partial charge on any atom is 0.224 e. The van der Waals surface area contributed by atoms with Crippen LogP contribution >= 0.6 is 0 Å². The van der Waals surface area contributed by atoms with E-state index in [9.17, 15) is 0 Å². The van der Waals surface area contributed by atoms with E-state index in [0.29, 0.717) is 11.8 Å². The smallest absolute Gasteiger partial charge is 0.224 e. The van der Waals surface area contributed by atoms with Crippen molar-refractivity contribution in [3.8, 4) is 0 Å². The molecule has 6 nitrogen and oxygen atoms in total. The minimum absolute atomic E-state index is 0.478. The minimum atomic E-state index is 0.478. The first-order valence-corrected chi connectivity index (χ1v) is 5.98. The molecule has 0 saturated carbocycles. The summed E-state index contributed by atoms with van der Waals surface area (Å²) in [7, 11) is 0. The van der Waals surface area contributed by atoms with E-state index in [1.165, 1.54) is 5.69 Å². The monoisotopic (exact) mass is 246 g/mol. The molecule has 0 aliphatic carbocycles. The highest BCUT2D eigenvalue weighted by molar-refractivity contribution is 5.34. The van der Waals surface area contributed by atoms with Gasteiger partial charge in [0.25, 0.3) is 0 Å². The summed E-state index contributed by atoms with van der Waals surface area (Å²) in [4.78, 5) is 8.15. The Hall–Kier alpha value is -2.11. The zero-order valence-corrected chi connectivity index (χ0v) is 10.7. The number of nitrogens with zero attached hydrogens (tertiary/aromatic N) is 4. The third kappa shape index (κ3) is 3.19. The van der Waals surface area contributed by atoms with Crippen molar-refractivity contribution in [3.05, 3.63) is 29.7 Å². The number of aromatic nitrogens is 4. The van der Waals surface area contributed by atoms with E-state index in [-0.39, 0.29) is 0 Å². The Morgan fingerprint density at radius 3 is 2.89 bits per heavy atom. The fourth-order valence-corrected chi connectivity index (χ4v) is 1.79. The number of nitrogens with one attached hydrogen (secondary N) is 1. The molecule has 0 bridgehead atoms. The molecule has 2 rings (SSSR count). The van der Waals surface area contributed by atoms with Crippen LogP contribution in [0, 0.1) is 13.8 Å². The van der Waals surface area contributed by atoms with Crippen LogP contribution in [0.5, 0.6) is 0 Å². The molecule has 2 aromatic rings. The number of anilines is 2. The predicted molar refractivity (Wildman–Crippen MR) is 71.3 cm³/mol. The molecule has 96 valence electrons. The van der Waals surface area contributed by atoms with E-state index in [2.05, 4.69) is 33.4 Å². The van der Waals surface area contributed by atoms with Gasteiger partial charge in [0.2, 0.25) is 5.95 Å². The summed E-state index contributed by atoms with van der Waals surface area (Å²) in [6.45, 7) is 5.74. The molecule has 18 heavy (non-hydrogen) atoms. The molecule has 0 atom stereocenters. The Morgan fingerprint density at radius 2 is 2.22 bits per heavy atom. The summed E-state index contributed by atoms with van der Waals surface area (Å²) < 4.78 is 2.01. The van der Waals surface area contributed by atoms with E-state index in [4.69, 9.17) is 5.73 Å². The molecule has 0 aliphatic rings. The van der Waals surface area contributed by atoms with E-state index >= 15 is 0 Å². The quantitative estimate of drug-likeness (QED) is 0.779. The SMILES string of the molecule is Cc1cc(C)n(CCCNc2nccc(N)n2)n1. The van der Waals surface area contributed by atoms with Crippen molar-refractivity contribution in [2.24, 2.45) is 0 Å². The number of hydrogen-bond acceptors (Lipinski definition) is 5. The standard InChI is InChI=1S/C12H18N6/c1-9-8-10(2)18(17-9)7-3-5-14-12-15-6-4-11(13)16-12/h4,6,8H,3,5,7H2,1-2H3,(H3,13,14,15,16). The lowest BCUT2D eigenvalue weighted by Crippen LogP contribution is -2.10. The second-order valence-corrected chi connectivity index (χ2v) is 4.24. The zero-order valence-electron chi connectivity index (χ0n) is 10.7. The highest BCUT2D eigenvalue weighted by Gasteiger charge is 2.00. The van der Waals surface area contributed by atoms with Gasteiger partial charge in [-0.05, 0) is 32.4 Å². The highest BCUT2D eigenvalue weighted by Crippen LogP contribution is 2.04. The summed E-state index contributed by atoms with van der Waals surface area (Å²) >= 11 is 0. The molecule has 3 N–H and O–H groups in total. The molecule has 2 aromatic heterocycles. The Labute approximate surface area is 106 Å². The lowest BCUT2D eigenvalue weighted by molar-refractivity contribution is 0.573. The van der Waals surface area contributed by atoms with Gasteiger partial charge in [-0.15, -0.1) is 0 Å². The molecular weight excluding hydrogens is 228 g/mol. The van der Waals surface area contributed by atoms with E-state index in [1.54, 1.807) is 12.3 Å². The highest BCUT2D eigenvalue weighted by atomic mass is 15.3. The maximum absolute atomic E-state index is 5.57. The Kier molecular flexibility index (Phi) is 3.76. The van der Waals surface area contributed by atoms with E-state index < -0.39 is 0 Å². The summed E-state index contributed by atoms with van der Waals surface area (Å²) in [5.41, 5.74) is 7.81. The first-order valence-electron chi connectivity index (χ1n) is 5.98. The Balaban J connectivity index is 1.78. The third-order valence-electron chi connectivity index (χ3n) is 2.61. The summed E-state index contributed by atoms with van der Waals surface area (Å²) in [5, 5.41) is 7.55. The van der Waals surface area contributed by atoms with Crippen LogP contribution in [0.2, 0.25) is 0 Å². The van der Waals surface area contributed by atoms with Crippen LogP contribution in [0.3, 0.4) is 0 Å². The van der Waals surface area contributed by atoms with E-state index in [1.807, 2.05) is 11.6 Å². The largest absolute Gasteiger partial charge is 0.384 e. The molecule has 2 heterocycles. The van der Waals surface area contributed by atoms with Crippen molar-refractivity contribution in [1.29, 1.82) is 0 Å². The van der Waals surface area contributed by atoms with Crippen LogP contribution in [0.25, 0.3) is 0 Å². The van der Waals surface area contributed by atoms with Gasteiger partial charge in [-0.2, -0.15) is 10.1 Å². The lowest BCUT2D eigenvalue weighted by atomic mass is 10.4. The molecule has 6 heteroatoms. The van der Waals surface area contributed by atoms with Crippen LogP contribution < -0.4 is 11.1 Å². The van der Waals surface area contributed by atoms with Gasteiger partial charge >= 0.3 is 0 Å². The summed E-state index contributed by atoms with van der Waals surface area (Å²) in [5.74, 6) is 1.05. The summed E-state index contributed by atoms with van der Waals surface area (Å²) in [6, 6.07) is 3.75. The van der Waals surface area contributed by atoms with Gasteiger partial charge in [-0.3, -0.25) is 4.68 Å². The van der Waals surface area contributed by atoms with Gasteiger partial charge in [-0.25, -0.2) is 4.98 Å². The number of hydrogen-bond donors (Lipinski definition) is 2. The second kappa shape index (κ2) is 5.48. The number of rotatable bonds is 5. The normalized spacial score (nSPS) is 10.6. The average Bonchev–Trinajstić information content (AvgIpc) is 2.64. The van der Waals surface area contributed by atoms with Crippen LogP contribution in [0.15, 0.2) is 18.3 Å². The minimum Gasteiger partial charge on any atom is -0.384 e. The van der Waals surface area contributed by atoms with Crippen molar-refractivity contribution in [3.63, 3.8) is 0 Å². The fraction of sp³-hybridized carbons (Fsp3) is 0.417. The zero-order chi connectivity index (χ0) is 13.0. The van der Waals surface area contributed by atoms with Gasteiger partial charge in [0.1, 0.15) is 5.82 Å². The van der Waals surface area contributed by atoms with Crippen LogP contribution in [0.4, 0.5) is 11.8 Å². The topological polar surface area (TPSA) is 81.7 Å². The molecular formula is C12H18N6. The molecule has 0 aromatic carbocycles. The number of nitrogens with two attached hydrogens (primary N) is 1. The summed E-state index contributed by atoms with van der Waals surface area (Å²) in [6.07, 6.45) is 2.60. The Bertz CT molecular complexity index is 519. The van der Waals surface area contributed by atoms with Gasteiger partial charge < -0.3 is 11.1 Å². The van der Waals surface area contributed by atoms with Crippen LogP contribution in [-0.2, 0) is 6.54 Å². The molecule has 0 saturated heterocycles. The van der Waals surface area contributed by atoms with Gasteiger partial charge in [0, 0.05) is 25.0 Å². The Morgan fingerprint density at radius 1 is 1.39 bits per heavy atom. The van der Waals surface area contributed by atoms with Crippen molar-refractivity contribution in [2.75, 3.05) is 17.6 Å². The molecule has 0 aliphatic heterocycles.